The summed E-state index contributed by atoms with van der Waals surface area (Å²) in [5.41, 5.74) is 8.13. The van der Waals surface area contributed by atoms with Gasteiger partial charge >= 0.3 is 0 Å². The van der Waals surface area contributed by atoms with Gasteiger partial charge in [-0.25, -0.2) is 5.43 Å². The van der Waals surface area contributed by atoms with Crippen LogP contribution in [-0.4, -0.2) is 30.4 Å². The molecule has 0 saturated carbocycles. The number of benzene rings is 2. The van der Waals surface area contributed by atoms with E-state index in [1.165, 1.54) is 5.56 Å². The lowest BCUT2D eigenvalue weighted by atomic mass is 9.87. The number of ether oxygens (including phenoxy) is 2. The number of hydrazone groups is 1. The van der Waals surface area contributed by atoms with Crippen LogP contribution in [0.15, 0.2) is 59.7 Å². The van der Waals surface area contributed by atoms with Gasteiger partial charge in [0.1, 0.15) is 11.5 Å². The van der Waals surface area contributed by atoms with E-state index in [1.807, 2.05) is 6.92 Å². The maximum atomic E-state index is 12.0. The van der Waals surface area contributed by atoms with Crippen LogP contribution in [0, 0.1) is 13.8 Å². The molecule has 1 amide bonds. The molecule has 1 aromatic heterocycles. The topological polar surface area (TPSA) is 64.8 Å². The van der Waals surface area contributed by atoms with E-state index in [-0.39, 0.29) is 17.9 Å². The molecule has 1 heterocycles. The van der Waals surface area contributed by atoms with Gasteiger partial charge in [0.2, 0.25) is 0 Å². The highest BCUT2D eigenvalue weighted by Gasteiger charge is 2.14. The number of nitrogens with one attached hydrogen (secondary N) is 1. The first-order chi connectivity index (χ1) is 15.2. The molecule has 0 unspecified atom stereocenters. The normalized spacial score (nSPS) is 11.6. The number of amides is 1. The Kier molecular flexibility index (Phi) is 7.03. The predicted molar refractivity (Wildman–Crippen MR) is 128 cm³/mol. The van der Waals surface area contributed by atoms with Crippen LogP contribution in [0.2, 0.25) is 0 Å². The van der Waals surface area contributed by atoms with Crippen molar-refractivity contribution in [2.24, 2.45) is 5.10 Å². The summed E-state index contributed by atoms with van der Waals surface area (Å²) in [7, 11) is 1.60. The fourth-order valence-electron chi connectivity index (χ4n) is 3.45. The Hall–Kier alpha value is -3.54. The van der Waals surface area contributed by atoms with Gasteiger partial charge in [0.05, 0.1) is 13.3 Å². The minimum atomic E-state index is -0.330. The van der Waals surface area contributed by atoms with E-state index < -0.39 is 0 Å². The van der Waals surface area contributed by atoms with E-state index in [9.17, 15) is 4.79 Å². The zero-order valence-electron chi connectivity index (χ0n) is 19.6. The number of methoxy groups -OCH3 is 1. The molecule has 0 saturated heterocycles. The van der Waals surface area contributed by atoms with Gasteiger partial charge in [-0.05, 0) is 67.3 Å². The molecule has 0 spiro atoms. The number of aromatic nitrogens is 1. The van der Waals surface area contributed by atoms with E-state index in [4.69, 9.17) is 9.47 Å². The van der Waals surface area contributed by atoms with Crippen LogP contribution in [0.5, 0.6) is 11.5 Å². The largest absolute Gasteiger partial charge is 0.497 e. The standard InChI is InChI=1S/C26H31N3O3/c1-18-15-20(19(2)29(18)22-9-7-21(8-10-22)26(3,4)5)16-27-28-25(30)17-32-24-13-11-23(31-6)12-14-24/h7-16H,17H2,1-6H3,(H,28,30)/b27-16+. The summed E-state index contributed by atoms with van der Waals surface area (Å²) >= 11 is 0. The predicted octanol–water partition coefficient (Wildman–Crippen LogP) is 4.93. The molecule has 32 heavy (non-hydrogen) atoms. The van der Waals surface area contributed by atoms with Gasteiger partial charge < -0.3 is 14.0 Å². The van der Waals surface area contributed by atoms with Gasteiger partial charge in [0, 0.05) is 22.6 Å². The van der Waals surface area contributed by atoms with E-state index in [2.05, 4.69) is 73.1 Å². The smallest absolute Gasteiger partial charge is 0.277 e. The van der Waals surface area contributed by atoms with Gasteiger partial charge in [-0.15, -0.1) is 0 Å². The average molecular weight is 434 g/mol. The number of aryl methyl sites for hydroxylation is 1. The second-order valence-electron chi connectivity index (χ2n) is 8.72. The molecule has 0 aliphatic heterocycles. The number of hydrogen-bond donors (Lipinski definition) is 1. The van der Waals surface area contributed by atoms with Crippen LogP contribution < -0.4 is 14.9 Å². The highest BCUT2D eigenvalue weighted by Crippen LogP contribution is 2.25. The van der Waals surface area contributed by atoms with E-state index in [0.717, 1.165) is 28.4 Å². The zero-order chi connectivity index (χ0) is 23.3. The summed E-state index contributed by atoms with van der Waals surface area (Å²) in [4.78, 5) is 12.0. The Morgan fingerprint density at radius 1 is 1.03 bits per heavy atom. The van der Waals surface area contributed by atoms with E-state index >= 15 is 0 Å². The lowest BCUT2D eigenvalue weighted by Gasteiger charge is -2.20. The zero-order valence-corrected chi connectivity index (χ0v) is 19.6. The fraction of sp³-hybridized carbons (Fsp3) is 0.308. The highest BCUT2D eigenvalue weighted by molar-refractivity contribution is 5.84. The molecule has 0 radical (unpaired) electrons. The molecule has 3 rings (SSSR count). The van der Waals surface area contributed by atoms with Crippen LogP contribution >= 0.6 is 0 Å². The van der Waals surface area contributed by atoms with Crippen LogP contribution in [0.3, 0.4) is 0 Å². The molecule has 3 aromatic rings. The maximum absolute atomic E-state index is 12.0. The average Bonchev–Trinajstić information content (AvgIpc) is 3.05. The van der Waals surface area contributed by atoms with Crippen molar-refractivity contribution in [3.63, 3.8) is 0 Å². The molecular weight excluding hydrogens is 402 g/mol. The Morgan fingerprint density at radius 3 is 2.25 bits per heavy atom. The molecule has 0 bridgehead atoms. The first-order valence-corrected chi connectivity index (χ1v) is 10.6. The molecule has 0 atom stereocenters. The van der Waals surface area contributed by atoms with Gasteiger partial charge in [-0.3, -0.25) is 4.79 Å². The Morgan fingerprint density at radius 2 is 1.66 bits per heavy atom. The monoisotopic (exact) mass is 433 g/mol. The van der Waals surface area contributed by atoms with Crippen molar-refractivity contribution in [3.8, 4) is 17.2 Å². The van der Waals surface area contributed by atoms with Crippen molar-refractivity contribution in [2.75, 3.05) is 13.7 Å². The lowest BCUT2D eigenvalue weighted by molar-refractivity contribution is -0.123. The highest BCUT2D eigenvalue weighted by atomic mass is 16.5. The summed E-state index contributed by atoms with van der Waals surface area (Å²) in [5.74, 6) is 0.990. The number of hydrogen-bond acceptors (Lipinski definition) is 4. The molecule has 6 nitrogen and oxygen atoms in total. The Balaban J connectivity index is 1.62. The minimum Gasteiger partial charge on any atom is -0.497 e. The number of carbonyl (C=O) groups excluding carboxylic acids is 1. The van der Waals surface area contributed by atoms with Gasteiger partial charge in [-0.1, -0.05) is 32.9 Å². The van der Waals surface area contributed by atoms with Crippen molar-refractivity contribution < 1.29 is 14.3 Å². The van der Waals surface area contributed by atoms with E-state index in [0.29, 0.717) is 5.75 Å². The molecule has 0 fully saturated rings. The minimum absolute atomic E-state index is 0.117. The van der Waals surface area contributed by atoms with E-state index in [1.54, 1.807) is 37.6 Å². The number of rotatable bonds is 7. The van der Waals surface area contributed by atoms with Gasteiger partial charge in [-0.2, -0.15) is 5.10 Å². The lowest BCUT2D eigenvalue weighted by Crippen LogP contribution is -2.24. The van der Waals surface area contributed by atoms with Gasteiger partial charge in [0.15, 0.2) is 6.61 Å². The summed E-state index contributed by atoms with van der Waals surface area (Å²) < 4.78 is 12.7. The van der Waals surface area contributed by atoms with Crippen molar-refractivity contribution in [1.29, 1.82) is 0 Å². The molecule has 0 aliphatic carbocycles. The first kappa shape index (κ1) is 23.1. The van der Waals surface area contributed by atoms with Crippen LogP contribution in [0.1, 0.15) is 43.3 Å². The summed E-state index contributed by atoms with van der Waals surface area (Å²) in [6, 6.07) is 17.7. The molecular formula is C26H31N3O3. The first-order valence-electron chi connectivity index (χ1n) is 10.6. The van der Waals surface area contributed by atoms with Crippen molar-refractivity contribution in [2.45, 2.75) is 40.0 Å². The summed E-state index contributed by atoms with van der Waals surface area (Å²) in [6.07, 6.45) is 1.66. The molecule has 1 N–H and O–H groups in total. The quantitative estimate of drug-likeness (QED) is 0.424. The van der Waals surface area contributed by atoms with Gasteiger partial charge in [0.25, 0.3) is 5.91 Å². The van der Waals surface area contributed by atoms with Crippen LogP contribution in [-0.2, 0) is 10.2 Å². The number of nitrogens with zero attached hydrogens (tertiary/aromatic N) is 2. The van der Waals surface area contributed by atoms with Crippen molar-refractivity contribution in [3.05, 3.63) is 77.1 Å². The van der Waals surface area contributed by atoms with Crippen molar-refractivity contribution >= 4 is 12.1 Å². The van der Waals surface area contributed by atoms with Crippen LogP contribution in [0.25, 0.3) is 5.69 Å². The Bertz CT molecular complexity index is 1090. The third kappa shape index (κ3) is 5.58. The molecule has 6 heteroatoms. The fourth-order valence-corrected chi connectivity index (χ4v) is 3.45. The molecule has 2 aromatic carbocycles. The Labute approximate surface area is 189 Å². The third-order valence-electron chi connectivity index (χ3n) is 5.28. The van der Waals surface area contributed by atoms with Crippen LogP contribution in [0.4, 0.5) is 0 Å². The SMILES string of the molecule is COc1ccc(OCC(=O)N/N=C/c2cc(C)n(-c3ccc(C(C)(C)C)cc3)c2C)cc1. The second kappa shape index (κ2) is 9.73. The summed E-state index contributed by atoms with van der Waals surface area (Å²) in [6.45, 7) is 10.6. The maximum Gasteiger partial charge on any atom is 0.277 e. The third-order valence-corrected chi connectivity index (χ3v) is 5.28. The van der Waals surface area contributed by atoms with Crippen molar-refractivity contribution in [1.82, 2.24) is 9.99 Å². The molecule has 168 valence electrons. The summed E-state index contributed by atoms with van der Waals surface area (Å²) in [5, 5.41) is 4.10. The number of carbonyl (C=O) groups is 1. The second-order valence-corrected chi connectivity index (χ2v) is 8.72. The molecule has 0 aliphatic rings.